The molecule has 0 aliphatic carbocycles. The maximum atomic E-state index is 12.8. The maximum Gasteiger partial charge on any atom is 0.233 e. The van der Waals surface area contributed by atoms with E-state index in [0.29, 0.717) is 23.5 Å². The van der Waals surface area contributed by atoms with Crippen molar-refractivity contribution in [3.8, 4) is 17.1 Å². The summed E-state index contributed by atoms with van der Waals surface area (Å²) in [6.45, 7) is 11.3. The van der Waals surface area contributed by atoms with Crippen molar-refractivity contribution in [3.05, 3.63) is 24.3 Å². The van der Waals surface area contributed by atoms with Gasteiger partial charge in [0.25, 0.3) is 0 Å². The Morgan fingerprint density at radius 1 is 1.17 bits per heavy atom. The lowest BCUT2D eigenvalue weighted by Crippen LogP contribution is -2.43. The fourth-order valence-electron chi connectivity index (χ4n) is 3.96. The van der Waals surface area contributed by atoms with Gasteiger partial charge in [0.05, 0.1) is 12.9 Å². The number of nitrogens with zero attached hydrogens (tertiary/aromatic N) is 4. The molecule has 158 valence electrons. The molecule has 29 heavy (non-hydrogen) atoms. The number of likely N-dealkylation sites (tertiary alicyclic amines) is 1. The fourth-order valence-corrected chi connectivity index (χ4v) is 4.81. The number of thioether (sulfide) groups is 1. The van der Waals surface area contributed by atoms with Crippen molar-refractivity contribution < 1.29 is 9.53 Å². The normalized spacial score (nSPS) is 19.6. The molecule has 2 heterocycles. The number of methoxy groups -OCH3 is 1. The summed E-state index contributed by atoms with van der Waals surface area (Å²) in [5.41, 5.74) is 0.996. The van der Waals surface area contributed by atoms with Crippen LogP contribution in [0.2, 0.25) is 0 Å². The van der Waals surface area contributed by atoms with Crippen LogP contribution in [-0.4, -0.2) is 51.5 Å². The number of amides is 1. The first kappa shape index (κ1) is 21.7. The zero-order valence-electron chi connectivity index (χ0n) is 18.1. The van der Waals surface area contributed by atoms with Crippen LogP contribution >= 0.6 is 11.8 Å². The molecule has 0 radical (unpaired) electrons. The summed E-state index contributed by atoms with van der Waals surface area (Å²) >= 11 is 1.49. The van der Waals surface area contributed by atoms with Gasteiger partial charge in [-0.05, 0) is 48.4 Å². The lowest BCUT2D eigenvalue weighted by molar-refractivity contribution is -0.130. The Balaban J connectivity index is 1.74. The molecule has 2 atom stereocenters. The number of carbonyl (C=O) groups excluding carboxylic acids is 1. The van der Waals surface area contributed by atoms with Gasteiger partial charge in [0.15, 0.2) is 11.0 Å². The summed E-state index contributed by atoms with van der Waals surface area (Å²) in [5.74, 6) is 3.82. The summed E-state index contributed by atoms with van der Waals surface area (Å²) in [6.07, 6.45) is 1.20. The van der Waals surface area contributed by atoms with Gasteiger partial charge < -0.3 is 14.2 Å². The third kappa shape index (κ3) is 5.53. The van der Waals surface area contributed by atoms with Gasteiger partial charge in [-0.25, -0.2) is 0 Å². The van der Waals surface area contributed by atoms with Crippen molar-refractivity contribution in [2.75, 3.05) is 26.0 Å². The smallest absolute Gasteiger partial charge is 0.233 e. The van der Waals surface area contributed by atoms with Crippen LogP contribution in [0.5, 0.6) is 5.75 Å². The van der Waals surface area contributed by atoms with Crippen molar-refractivity contribution in [1.82, 2.24) is 19.7 Å². The molecule has 0 spiro atoms. The number of carbonyl (C=O) groups is 1. The number of piperidine rings is 1. The minimum Gasteiger partial charge on any atom is -0.497 e. The van der Waals surface area contributed by atoms with Gasteiger partial charge in [0, 0.05) is 25.2 Å². The lowest BCUT2D eigenvalue weighted by Gasteiger charge is -2.35. The maximum absolute atomic E-state index is 12.8. The minimum absolute atomic E-state index is 0.193. The SMILES string of the molecule is COc1ccc(-c2nnc(SCC(=O)N3C[C@@H](C)C[C@H](C)C3)n2CC(C)C)cc1. The number of hydrogen-bond donors (Lipinski definition) is 0. The molecular formula is C22H32N4O2S. The summed E-state index contributed by atoms with van der Waals surface area (Å²) < 4.78 is 7.38. The first-order chi connectivity index (χ1) is 13.9. The molecular weight excluding hydrogens is 384 g/mol. The van der Waals surface area contributed by atoms with Gasteiger partial charge in [0.2, 0.25) is 5.91 Å². The van der Waals surface area contributed by atoms with Crippen LogP contribution < -0.4 is 4.74 Å². The van der Waals surface area contributed by atoms with Gasteiger partial charge in [0.1, 0.15) is 5.75 Å². The van der Waals surface area contributed by atoms with Gasteiger partial charge in [-0.2, -0.15) is 0 Å². The van der Waals surface area contributed by atoms with E-state index in [2.05, 4.69) is 42.5 Å². The molecule has 1 aromatic carbocycles. The van der Waals surface area contributed by atoms with Gasteiger partial charge >= 0.3 is 0 Å². The van der Waals surface area contributed by atoms with Crippen molar-refractivity contribution in [2.24, 2.45) is 17.8 Å². The molecule has 2 aromatic rings. The van der Waals surface area contributed by atoms with Crippen molar-refractivity contribution in [2.45, 2.75) is 45.8 Å². The van der Waals surface area contributed by atoms with E-state index >= 15 is 0 Å². The van der Waals surface area contributed by atoms with E-state index in [1.807, 2.05) is 29.2 Å². The Bertz CT molecular complexity index is 809. The highest BCUT2D eigenvalue weighted by molar-refractivity contribution is 7.99. The zero-order valence-corrected chi connectivity index (χ0v) is 18.9. The topological polar surface area (TPSA) is 60.3 Å². The van der Waals surface area contributed by atoms with Crippen LogP contribution in [0.1, 0.15) is 34.1 Å². The predicted molar refractivity (Wildman–Crippen MR) is 117 cm³/mol. The van der Waals surface area contributed by atoms with Gasteiger partial charge in [-0.15, -0.1) is 10.2 Å². The van der Waals surface area contributed by atoms with Crippen LogP contribution in [0.15, 0.2) is 29.4 Å². The van der Waals surface area contributed by atoms with E-state index in [0.717, 1.165) is 41.9 Å². The third-order valence-corrected chi connectivity index (χ3v) is 6.11. The Kier molecular flexibility index (Phi) is 7.22. The van der Waals surface area contributed by atoms with Crippen molar-refractivity contribution >= 4 is 17.7 Å². The van der Waals surface area contributed by atoms with E-state index < -0.39 is 0 Å². The lowest BCUT2D eigenvalue weighted by atomic mass is 9.92. The molecule has 7 heteroatoms. The van der Waals surface area contributed by atoms with E-state index in [9.17, 15) is 4.79 Å². The average molecular weight is 417 g/mol. The summed E-state index contributed by atoms with van der Waals surface area (Å²) in [5, 5.41) is 9.65. The third-order valence-electron chi connectivity index (χ3n) is 5.16. The molecule has 0 bridgehead atoms. The highest BCUT2D eigenvalue weighted by atomic mass is 32.2. The number of benzene rings is 1. The molecule has 1 aromatic heterocycles. The first-order valence-corrected chi connectivity index (χ1v) is 11.3. The monoisotopic (exact) mass is 416 g/mol. The van der Waals surface area contributed by atoms with Crippen molar-refractivity contribution in [1.29, 1.82) is 0 Å². The van der Waals surface area contributed by atoms with E-state index in [1.54, 1.807) is 7.11 Å². The van der Waals surface area contributed by atoms with Crippen LogP contribution in [0.25, 0.3) is 11.4 Å². The second-order valence-corrected chi connectivity index (χ2v) is 9.52. The highest BCUT2D eigenvalue weighted by Gasteiger charge is 2.26. The molecule has 1 fully saturated rings. The molecule has 1 amide bonds. The van der Waals surface area contributed by atoms with Crippen molar-refractivity contribution in [3.63, 3.8) is 0 Å². The van der Waals surface area contributed by atoms with E-state index in [1.165, 1.54) is 18.2 Å². The summed E-state index contributed by atoms with van der Waals surface area (Å²) in [6, 6.07) is 7.85. The Labute approximate surface area is 178 Å². The Morgan fingerprint density at radius 3 is 2.41 bits per heavy atom. The molecule has 1 aliphatic heterocycles. The molecule has 1 saturated heterocycles. The quantitative estimate of drug-likeness (QED) is 0.633. The standard InChI is InChI=1S/C22H32N4O2S/c1-15(2)11-26-21(18-6-8-19(28-5)9-7-18)23-24-22(26)29-14-20(27)25-12-16(3)10-17(4)13-25/h6-9,15-17H,10-14H2,1-5H3/t16-,17-/m0/s1. The summed E-state index contributed by atoms with van der Waals surface area (Å²) in [4.78, 5) is 14.8. The number of rotatable bonds is 7. The molecule has 0 N–H and O–H groups in total. The molecule has 0 unspecified atom stereocenters. The second-order valence-electron chi connectivity index (χ2n) is 8.57. The first-order valence-electron chi connectivity index (χ1n) is 10.4. The van der Waals surface area contributed by atoms with Crippen LogP contribution in [0.3, 0.4) is 0 Å². The van der Waals surface area contributed by atoms with Crippen LogP contribution in [-0.2, 0) is 11.3 Å². The largest absolute Gasteiger partial charge is 0.497 e. The van der Waals surface area contributed by atoms with E-state index in [-0.39, 0.29) is 5.91 Å². The molecule has 3 rings (SSSR count). The number of ether oxygens (including phenoxy) is 1. The summed E-state index contributed by atoms with van der Waals surface area (Å²) in [7, 11) is 1.66. The molecule has 6 nitrogen and oxygen atoms in total. The fraction of sp³-hybridized carbons (Fsp3) is 0.591. The van der Waals surface area contributed by atoms with Gasteiger partial charge in [-0.1, -0.05) is 39.5 Å². The predicted octanol–water partition coefficient (Wildman–Crippen LogP) is 4.21. The Hall–Kier alpha value is -2.02. The number of aromatic nitrogens is 3. The highest BCUT2D eigenvalue weighted by Crippen LogP contribution is 2.28. The van der Waals surface area contributed by atoms with Crippen LogP contribution in [0, 0.1) is 17.8 Å². The van der Waals surface area contributed by atoms with E-state index in [4.69, 9.17) is 4.74 Å². The molecule has 0 saturated carbocycles. The average Bonchev–Trinajstić information content (AvgIpc) is 3.07. The minimum atomic E-state index is 0.193. The van der Waals surface area contributed by atoms with Crippen LogP contribution in [0.4, 0.5) is 0 Å². The zero-order chi connectivity index (χ0) is 21.0. The molecule has 1 aliphatic rings. The van der Waals surface area contributed by atoms with Gasteiger partial charge in [-0.3, -0.25) is 4.79 Å². The Morgan fingerprint density at radius 2 is 1.83 bits per heavy atom. The number of hydrogen-bond acceptors (Lipinski definition) is 5. The second kappa shape index (κ2) is 9.65.